The summed E-state index contributed by atoms with van der Waals surface area (Å²) in [5, 5.41) is 0. The van der Waals surface area contributed by atoms with Crippen molar-refractivity contribution in [3.63, 3.8) is 0 Å². The third kappa shape index (κ3) is 6.90. The van der Waals surface area contributed by atoms with E-state index in [4.69, 9.17) is 18.9 Å². The Hall–Kier alpha value is -3.68. The van der Waals surface area contributed by atoms with Crippen LogP contribution in [0.1, 0.15) is 46.5 Å². The maximum Gasteiger partial charge on any atom is 0.269 e. The van der Waals surface area contributed by atoms with Crippen molar-refractivity contribution >= 4 is 11.8 Å². The molecule has 0 fully saturated rings. The summed E-state index contributed by atoms with van der Waals surface area (Å²) in [6.45, 7) is 8.51. The largest absolute Gasteiger partial charge is 0.493 e. The number of rotatable bonds is 11. The lowest BCUT2D eigenvalue weighted by atomic mass is 10.1. The van der Waals surface area contributed by atoms with Gasteiger partial charge in [0.2, 0.25) is 0 Å². The predicted octanol–water partition coefficient (Wildman–Crippen LogP) is 3.94. The van der Waals surface area contributed by atoms with Gasteiger partial charge in [0.25, 0.3) is 11.8 Å². The second kappa shape index (κ2) is 12.4. The van der Waals surface area contributed by atoms with Crippen LogP contribution in [0.3, 0.4) is 0 Å². The van der Waals surface area contributed by atoms with Gasteiger partial charge in [0, 0.05) is 16.7 Å². The highest BCUT2D eigenvalue weighted by molar-refractivity contribution is 5.99. The number of carbonyl (C=O) groups is 2. The Kier molecular flexibility index (Phi) is 9.60. The minimum Gasteiger partial charge on any atom is -0.493 e. The molecule has 0 aliphatic rings. The molecule has 2 amide bonds. The van der Waals surface area contributed by atoms with Gasteiger partial charge in [-0.1, -0.05) is 19.9 Å². The first-order valence-corrected chi connectivity index (χ1v) is 10.6. The van der Waals surface area contributed by atoms with E-state index in [2.05, 4.69) is 31.3 Å². The zero-order valence-corrected chi connectivity index (χ0v) is 19.8. The summed E-state index contributed by atoms with van der Waals surface area (Å²) in [5.41, 5.74) is 6.19. The van der Waals surface area contributed by atoms with Gasteiger partial charge in [0.15, 0.2) is 23.0 Å². The quantitative estimate of drug-likeness (QED) is 0.393. The van der Waals surface area contributed by atoms with Gasteiger partial charge < -0.3 is 18.9 Å². The van der Waals surface area contributed by atoms with Crippen LogP contribution >= 0.6 is 0 Å². The van der Waals surface area contributed by atoms with Crippen LogP contribution in [0.5, 0.6) is 23.0 Å². The number of hydrogen-bond acceptors (Lipinski definition) is 6. The number of allylic oxidation sites excluding steroid dienone is 1. The molecule has 0 bridgehead atoms. The van der Waals surface area contributed by atoms with Crippen LogP contribution < -0.4 is 29.8 Å². The molecule has 0 spiro atoms. The van der Waals surface area contributed by atoms with E-state index in [0.29, 0.717) is 53.1 Å². The van der Waals surface area contributed by atoms with Gasteiger partial charge in [-0.3, -0.25) is 20.4 Å². The first kappa shape index (κ1) is 25.6. The van der Waals surface area contributed by atoms with Gasteiger partial charge in [-0.15, -0.1) is 6.58 Å². The Bertz CT molecular complexity index is 987. The van der Waals surface area contributed by atoms with E-state index in [-0.39, 0.29) is 0 Å². The summed E-state index contributed by atoms with van der Waals surface area (Å²) in [6.07, 6.45) is 3.09. The van der Waals surface area contributed by atoms with Crippen molar-refractivity contribution in [2.24, 2.45) is 5.92 Å². The minimum absolute atomic E-state index is 0.302. The molecule has 0 aliphatic carbocycles. The Labute approximate surface area is 194 Å². The molecule has 8 nitrogen and oxygen atoms in total. The van der Waals surface area contributed by atoms with E-state index in [9.17, 15) is 9.59 Å². The van der Waals surface area contributed by atoms with Crippen LogP contribution in [0.4, 0.5) is 0 Å². The molecule has 2 aromatic rings. The highest BCUT2D eigenvalue weighted by atomic mass is 16.5. The normalized spacial score (nSPS) is 10.4. The molecule has 2 N–H and O–H groups in total. The number of hydrogen-bond donors (Lipinski definition) is 2. The minimum atomic E-state index is -0.504. The number of benzene rings is 2. The lowest BCUT2D eigenvalue weighted by molar-refractivity contribution is 0.0846. The summed E-state index contributed by atoms with van der Waals surface area (Å²) in [5.74, 6) is 1.44. The van der Waals surface area contributed by atoms with Crippen LogP contribution in [0.2, 0.25) is 0 Å². The summed E-state index contributed by atoms with van der Waals surface area (Å²) in [6, 6.07) is 8.04. The van der Waals surface area contributed by atoms with Crippen molar-refractivity contribution in [3.8, 4) is 23.0 Å². The van der Waals surface area contributed by atoms with E-state index in [1.807, 2.05) is 0 Å². The Balaban J connectivity index is 2.10. The molecule has 33 heavy (non-hydrogen) atoms. The SMILES string of the molecule is C=CCc1cc(C(=O)NNC(=O)c2ccc(OCCC(C)C)c(OC)c2)cc(OC)c1OC. The second-order valence-corrected chi connectivity index (χ2v) is 7.67. The van der Waals surface area contributed by atoms with Gasteiger partial charge in [0.05, 0.1) is 27.9 Å². The lowest BCUT2D eigenvalue weighted by Crippen LogP contribution is -2.41. The van der Waals surface area contributed by atoms with Crippen molar-refractivity contribution < 1.29 is 28.5 Å². The topological polar surface area (TPSA) is 95.1 Å². The first-order chi connectivity index (χ1) is 15.8. The Morgan fingerprint density at radius 1 is 0.909 bits per heavy atom. The summed E-state index contributed by atoms with van der Waals surface area (Å²) in [7, 11) is 4.52. The van der Waals surface area contributed by atoms with Crippen molar-refractivity contribution in [2.75, 3.05) is 27.9 Å². The molecule has 178 valence electrons. The molecule has 0 heterocycles. The van der Waals surface area contributed by atoms with Crippen molar-refractivity contribution in [3.05, 3.63) is 59.7 Å². The van der Waals surface area contributed by atoms with Crippen molar-refractivity contribution in [2.45, 2.75) is 26.7 Å². The maximum absolute atomic E-state index is 12.7. The summed E-state index contributed by atoms with van der Waals surface area (Å²) < 4.78 is 21.8. The van der Waals surface area contributed by atoms with Crippen molar-refractivity contribution in [1.29, 1.82) is 0 Å². The summed E-state index contributed by atoms with van der Waals surface area (Å²) >= 11 is 0. The third-order valence-electron chi connectivity index (χ3n) is 4.85. The second-order valence-electron chi connectivity index (χ2n) is 7.67. The Morgan fingerprint density at radius 3 is 2.12 bits per heavy atom. The zero-order valence-electron chi connectivity index (χ0n) is 19.8. The first-order valence-electron chi connectivity index (χ1n) is 10.6. The zero-order chi connectivity index (χ0) is 24.4. The number of hydrazine groups is 1. The van der Waals surface area contributed by atoms with Gasteiger partial charge in [-0.05, 0) is 49.1 Å². The maximum atomic E-state index is 12.7. The molecule has 8 heteroatoms. The molecular formula is C25H32N2O6. The van der Waals surface area contributed by atoms with Gasteiger partial charge in [0.1, 0.15) is 0 Å². The molecule has 2 rings (SSSR count). The van der Waals surface area contributed by atoms with Gasteiger partial charge in [-0.25, -0.2) is 0 Å². The molecule has 0 radical (unpaired) electrons. The smallest absolute Gasteiger partial charge is 0.269 e. The average molecular weight is 457 g/mol. The van der Waals surface area contributed by atoms with Crippen LogP contribution in [0, 0.1) is 5.92 Å². The fraction of sp³-hybridized carbons (Fsp3) is 0.360. The molecule has 0 saturated heterocycles. The van der Waals surface area contributed by atoms with Crippen molar-refractivity contribution in [1.82, 2.24) is 10.9 Å². The number of nitrogens with one attached hydrogen (secondary N) is 2. The number of amides is 2. The molecular weight excluding hydrogens is 424 g/mol. The lowest BCUT2D eigenvalue weighted by Gasteiger charge is -2.15. The van der Waals surface area contributed by atoms with Crippen LogP contribution in [-0.4, -0.2) is 39.8 Å². The third-order valence-corrected chi connectivity index (χ3v) is 4.85. The number of carbonyl (C=O) groups excluding carboxylic acids is 2. The fourth-order valence-electron chi connectivity index (χ4n) is 3.07. The monoisotopic (exact) mass is 456 g/mol. The molecule has 0 aliphatic heterocycles. The standard InChI is InChI=1S/C25H32N2O6/c1-7-8-17-13-19(15-22(31-5)23(17)32-6)25(29)27-26-24(28)18-9-10-20(21(14-18)30-4)33-12-11-16(2)3/h7,9-10,13-16H,1,8,11-12H2,2-6H3,(H,26,28)(H,27,29). The number of ether oxygens (including phenoxy) is 4. The van der Waals surface area contributed by atoms with E-state index in [1.165, 1.54) is 21.3 Å². The average Bonchev–Trinajstić information content (AvgIpc) is 2.81. The Morgan fingerprint density at radius 2 is 1.55 bits per heavy atom. The number of methoxy groups -OCH3 is 3. The molecule has 0 saturated carbocycles. The highest BCUT2D eigenvalue weighted by Gasteiger charge is 2.17. The fourth-order valence-corrected chi connectivity index (χ4v) is 3.07. The molecule has 0 aromatic heterocycles. The van der Waals surface area contributed by atoms with Crippen LogP contribution in [0.25, 0.3) is 0 Å². The molecule has 0 atom stereocenters. The van der Waals surface area contributed by atoms with E-state index in [0.717, 1.165) is 12.0 Å². The summed E-state index contributed by atoms with van der Waals surface area (Å²) in [4.78, 5) is 25.2. The van der Waals surface area contributed by atoms with Gasteiger partial charge >= 0.3 is 0 Å². The van der Waals surface area contributed by atoms with Crippen LogP contribution in [0.15, 0.2) is 43.0 Å². The highest BCUT2D eigenvalue weighted by Crippen LogP contribution is 2.33. The van der Waals surface area contributed by atoms with E-state index < -0.39 is 11.8 Å². The van der Waals surface area contributed by atoms with Gasteiger partial charge in [-0.2, -0.15) is 0 Å². The predicted molar refractivity (Wildman–Crippen MR) is 126 cm³/mol. The van der Waals surface area contributed by atoms with E-state index in [1.54, 1.807) is 36.4 Å². The molecule has 0 unspecified atom stereocenters. The van der Waals surface area contributed by atoms with E-state index >= 15 is 0 Å². The van der Waals surface area contributed by atoms with Crippen LogP contribution in [-0.2, 0) is 6.42 Å². The molecule has 2 aromatic carbocycles.